The molecular formula is C14H16N2O2. The Labute approximate surface area is 106 Å². The summed E-state index contributed by atoms with van der Waals surface area (Å²) in [6.45, 7) is 2.14. The molecule has 2 rings (SSSR count). The second kappa shape index (κ2) is 5.04. The second-order valence-corrected chi connectivity index (χ2v) is 4.28. The average Bonchev–Trinajstić information content (AvgIpc) is 2.73. The van der Waals surface area contributed by atoms with Gasteiger partial charge in [-0.1, -0.05) is 37.6 Å². The number of aromatic nitrogens is 2. The number of carbonyl (C=O) groups is 1. The first-order valence-corrected chi connectivity index (χ1v) is 5.98. The van der Waals surface area contributed by atoms with Crippen LogP contribution in [0.5, 0.6) is 0 Å². The zero-order valence-corrected chi connectivity index (χ0v) is 10.6. The van der Waals surface area contributed by atoms with Gasteiger partial charge in [0, 0.05) is 12.6 Å². The number of nitrogens with zero attached hydrogens (tertiary/aromatic N) is 2. The van der Waals surface area contributed by atoms with Crippen LogP contribution in [0.2, 0.25) is 0 Å². The Balaban J connectivity index is 2.42. The number of benzene rings is 1. The number of hydrogen-bond acceptors (Lipinski definition) is 2. The van der Waals surface area contributed by atoms with E-state index in [1.165, 1.54) is 11.8 Å². The fraction of sp³-hybridized carbons (Fsp3) is 0.286. The third kappa shape index (κ3) is 2.27. The van der Waals surface area contributed by atoms with Crippen LogP contribution < -0.4 is 0 Å². The van der Waals surface area contributed by atoms with E-state index in [0.29, 0.717) is 5.69 Å². The van der Waals surface area contributed by atoms with E-state index < -0.39 is 5.97 Å². The van der Waals surface area contributed by atoms with E-state index in [0.717, 1.165) is 18.4 Å². The van der Waals surface area contributed by atoms with Gasteiger partial charge in [-0.2, -0.15) is 5.10 Å². The lowest BCUT2D eigenvalue weighted by Crippen LogP contribution is -2.00. The van der Waals surface area contributed by atoms with Gasteiger partial charge in [0.1, 0.15) is 5.56 Å². The minimum absolute atomic E-state index is 0.237. The second-order valence-electron chi connectivity index (χ2n) is 4.28. The SMILES string of the molecule is CCCc1ccc(-c2c(C(=O)O)cnn2C)cc1. The van der Waals surface area contributed by atoms with Gasteiger partial charge in [-0.25, -0.2) is 4.79 Å². The van der Waals surface area contributed by atoms with Gasteiger partial charge in [0.15, 0.2) is 0 Å². The quantitative estimate of drug-likeness (QED) is 0.899. The molecule has 1 heterocycles. The van der Waals surface area contributed by atoms with Crippen molar-refractivity contribution in [1.29, 1.82) is 0 Å². The molecule has 0 saturated heterocycles. The van der Waals surface area contributed by atoms with Crippen LogP contribution in [0.1, 0.15) is 29.3 Å². The highest BCUT2D eigenvalue weighted by atomic mass is 16.4. The highest BCUT2D eigenvalue weighted by molar-refractivity contribution is 5.94. The molecular weight excluding hydrogens is 228 g/mol. The molecule has 0 bridgehead atoms. The summed E-state index contributed by atoms with van der Waals surface area (Å²) in [6, 6.07) is 7.98. The monoisotopic (exact) mass is 244 g/mol. The third-order valence-corrected chi connectivity index (χ3v) is 2.94. The molecule has 18 heavy (non-hydrogen) atoms. The van der Waals surface area contributed by atoms with Crippen LogP contribution >= 0.6 is 0 Å². The summed E-state index contributed by atoms with van der Waals surface area (Å²) in [5, 5.41) is 13.1. The topological polar surface area (TPSA) is 55.1 Å². The average molecular weight is 244 g/mol. The molecule has 94 valence electrons. The van der Waals surface area contributed by atoms with E-state index in [1.54, 1.807) is 11.7 Å². The standard InChI is InChI=1S/C14H16N2O2/c1-3-4-10-5-7-11(8-6-10)13-12(14(17)18)9-15-16(13)2/h5-9H,3-4H2,1-2H3,(H,17,18). The Hall–Kier alpha value is -2.10. The molecule has 1 N–H and O–H groups in total. The zero-order valence-electron chi connectivity index (χ0n) is 10.6. The summed E-state index contributed by atoms with van der Waals surface area (Å²) in [7, 11) is 1.75. The van der Waals surface area contributed by atoms with Gasteiger partial charge in [-0.05, 0) is 12.0 Å². The van der Waals surface area contributed by atoms with Crippen LogP contribution in [0.3, 0.4) is 0 Å². The van der Waals surface area contributed by atoms with Crippen LogP contribution in [-0.2, 0) is 13.5 Å². The number of carboxylic acids is 1. The van der Waals surface area contributed by atoms with Gasteiger partial charge in [0.2, 0.25) is 0 Å². The third-order valence-electron chi connectivity index (χ3n) is 2.94. The van der Waals surface area contributed by atoms with Gasteiger partial charge in [-0.3, -0.25) is 4.68 Å². The Morgan fingerprint density at radius 2 is 2.00 bits per heavy atom. The predicted octanol–water partition coefficient (Wildman–Crippen LogP) is 2.74. The highest BCUT2D eigenvalue weighted by Gasteiger charge is 2.16. The highest BCUT2D eigenvalue weighted by Crippen LogP contribution is 2.23. The summed E-state index contributed by atoms with van der Waals surface area (Å²) in [4.78, 5) is 11.1. The molecule has 0 radical (unpaired) electrons. The van der Waals surface area contributed by atoms with E-state index in [4.69, 9.17) is 5.11 Å². The molecule has 0 atom stereocenters. The van der Waals surface area contributed by atoms with Crippen molar-refractivity contribution in [2.75, 3.05) is 0 Å². The van der Waals surface area contributed by atoms with E-state index in [2.05, 4.69) is 12.0 Å². The molecule has 0 aliphatic heterocycles. The fourth-order valence-electron chi connectivity index (χ4n) is 2.05. The Kier molecular flexibility index (Phi) is 3.46. The Bertz CT molecular complexity index is 556. The molecule has 0 aliphatic carbocycles. The molecule has 0 saturated carbocycles. The predicted molar refractivity (Wildman–Crippen MR) is 69.6 cm³/mol. The van der Waals surface area contributed by atoms with Crippen molar-refractivity contribution in [2.24, 2.45) is 7.05 Å². The molecule has 4 nitrogen and oxygen atoms in total. The molecule has 1 aromatic heterocycles. The summed E-state index contributed by atoms with van der Waals surface area (Å²) >= 11 is 0. The van der Waals surface area contributed by atoms with Crippen molar-refractivity contribution in [2.45, 2.75) is 19.8 Å². The first-order chi connectivity index (χ1) is 8.63. The maximum atomic E-state index is 11.1. The summed E-state index contributed by atoms with van der Waals surface area (Å²) < 4.78 is 1.60. The normalized spacial score (nSPS) is 10.6. The first-order valence-electron chi connectivity index (χ1n) is 5.98. The van der Waals surface area contributed by atoms with Gasteiger partial charge in [0.25, 0.3) is 0 Å². The molecule has 0 spiro atoms. The number of carboxylic acid groups (broad SMARTS) is 1. The molecule has 0 unspecified atom stereocenters. The minimum Gasteiger partial charge on any atom is -0.478 e. The van der Waals surface area contributed by atoms with E-state index >= 15 is 0 Å². The maximum Gasteiger partial charge on any atom is 0.339 e. The van der Waals surface area contributed by atoms with Gasteiger partial charge < -0.3 is 5.11 Å². The maximum absolute atomic E-state index is 11.1. The fourth-order valence-corrected chi connectivity index (χ4v) is 2.05. The van der Waals surface area contributed by atoms with Gasteiger partial charge >= 0.3 is 5.97 Å². The molecule has 1 aromatic carbocycles. The van der Waals surface area contributed by atoms with Crippen LogP contribution in [0.15, 0.2) is 30.5 Å². The lowest BCUT2D eigenvalue weighted by atomic mass is 10.0. The molecule has 4 heteroatoms. The molecule has 0 amide bonds. The molecule has 0 aliphatic rings. The Morgan fingerprint density at radius 3 is 2.56 bits per heavy atom. The van der Waals surface area contributed by atoms with Crippen LogP contribution in [0, 0.1) is 0 Å². The van der Waals surface area contributed by atoms with Crippen molar-refractivity contribution in [3.63, 3.8) is 0 Å². The smallest absolute Gasteiger partial charge is 0.339 e. The molecule has 0 fully saturated rings. The van der Waals surface area contributed by atoms with Crippen LogP contribution in [-0.4, -0.2) is 20.9 Å². The van der Waals surface area contributed by atoms with E-state index in [-0.39, 0.29) is 5.56 Å². The number of rotatable bonds is 4. The Morgan fingerprint density at radius 1 is 1.33 bits per heavy atom. The van der Waals surface area contributed by atoms with Gasteiger partial charge in [-0.15, -0.1) is 0 Å². The van der Waals surface area contributed by atoms with Crippen molar-refractivity contribution >= 4 is 5.97 Å². The first kappa shape index (κ1) is 12.4. The lowest BCUT2D eigenvalue weighted by molar-refractivity contribution is 0.0697. The van der Waals surface area contributed by atoms with Crippen molar-refractivity contribution in [1.82, 2.24) is 9.78 Å². The van der Waals surface area contributed by atoms with Crippen LogP contribution in [0.4, 0.5) is 0 Å². The minimum atomic E-state index is -0.948. The lowest BCUT2D eigenvalue weighted by Gasteiger charge is -2.05. The van der Waals surface area contributed by atoms with E-state index in [1.807, 2.05) is 24.3 Å². The van der Waals surface area contributed by atoms with Crippen molar-refractivity contribution < 1.29 is 9.90 Å². The number of aromatic carboxylic acids is 1. The molecule has 2 aromatic rings. The summed E-state index contributed by atoms with van der Waals surface area (Å²) in [6.07, 6.45) is 3.53. The number of hydrogen-bond donors (Lipinski definition) is 1. The van der Waals surface area contributed by atoms with Gasteiger partial charge in [0.05, 0.1) is 11.9 Å². The summed E-state index contributed by atoms with van der Waals surface area (Å²) in [5.41, 5.74) is 3.03. The zero-order chi connectivity index (χ0) is 13.1. The van der Waals surface area contributed by atoms with E-state index in [9.17, 15) is 4.79 Å². The largest absolute Gasteiger partial charge is 0.478 e. The van der Waals surface area contributed by atoms with Crippen LogP contribution in [0.25, 0.3) is 11.3 Å². The number of aryl methyl sites for hydroxylation is 2. The summed E-state index contributed by atoms with van der Waals surface area (Å²) in [5.74, 6) is -0.948. The van der Waals surface area contributed by atoms with Crippen molar-refractivity contribution in [3.05, 3.63) is 41.6 Å². The van der Waals surface area contributed by atoms with Crippen molar-refractivity contribution in [3.8, 4) is 11.3 Å².